The van der Waals surface area contributed by atoms with Gasteiger partial charge in [-0.05, 0) is 0 Å². The third-order valence-electron chi connectivity index (χ3n) is 1.24. The Morgan fingerprint density at radius 1 is 1.13 bits per heavy atom. The first-order valence-electron chi connectivity index (χ1n) is 2.99. The van der Waals surface area contributed by atoms with Gasteiger partial charge in [-0.3, -0.25) is 4.79 Å². The maximum Gasteiger partial charge on any atom is 0.399 e. The molecule has 0 aliphatic carbocycles. The Labute approximate surface area is 78.6 Å². The molecule has 0 unspecified atom stereocenters. The van der Waals surface area contributed by atoms with Crippen LogP contribution in [-0.2, 0) is 9.53 Å². The van der Waals surface area contributed by atoms with Crippen molar-refractivity contribution in [2.45, 2.75) is 18.0 Å². The van der Waals surface area contributed by atoms with Crippen molar-refractivity contribution in [1.82, 2.24) is 0 Å². The van der Waals surface area contributed by atoms with Crippen molar-refractivity contribution in [3.63, 3.8) is 0 Å². The summed E-state index contributed by atoms with van der Waals surface area (Å²) in [6.45, 7) is 0. The number of alkyl halides is 6. The van der Waals surface area contributed by atoms with Gasteiger partial charge in [0.2, 0.25) is 0 Å². The highest BCUT2D eigenvalue weighted by Gasteiger charge is 2.68. The second-order valence-electron chi connectivity index (χ2n) is 2.18. The van der Waals surface area contributed by atoms with Gasteiger partial charge in [-0.2, -0.15) is 26.3 Å². The van der Waals surface area contributed by atoms with E-state index in [4.69, 9.17) is 0 Å². The molecule has 0 atom stereocenters. The average molecular weight is 235 g/mol. The van der Waals surface area contributed by atoms with Gasteiger partial charge in [0.25, 0.3) is 0 Å². The molecule has 0 spiro atoms. The number of carbonyl (C=O) groups excluding carboxylic acids is 1. The van der Waals surface area contributed by atoms with Crippen LogP contribution in [0.1, 0.15) is 0 Å². The smallest absolute Gasteiger partial charge is 0.399 e. The lowest BCUT2D eigenvalue weighted by Gasteiger charge is -2.39. The fourth-order valence-electron chi connectivity index (χ4n) is 0.518. The summed E-state index contributed by atoms with van der Waals surface area (Å²) in [6, 6.07) is 0. The van der Waals surface area contributed by atoms with Crippen LogP contribution < -0.4 is 5.11 Å². The van der Waals surface area contributed by atoms with Gasteiger partial charge in [-0.25, -0.2) is 0 Å². The maximum atomic E-state index is 11.8. The van der Waals surface area contributed by atoms with Crippen LogP contribution in [0.2, 0.25) is 0 Å². The third kappa shape index (κ3) is 2.15. The highest BCUT2D eigenvalue weighted by molar-refractivity contribution is 5.81. The van der Waals surface area contributed by atoms with E-state index in [9.17, 15) is 36.2 Å². The Hall–Kier alpha value is -1.43. The number of halogens is 6. The highest BCUT2D eigenvalue weighted by atomic mass is 19.4. The van der Waals surface area contributed by atoms with Crippen LogP contribution in [0.15, 0.2) is 0 Å². The molecule has 0 saturated heterocycles. The van der Waals surface area contributed by atoms with Crippen LogP contribution in [0.5, 0.6) is 0 Å². The number of ether oxygens (including phenoxy) is 1. The zero-order valence-corrected chi connectivity index (χ0v) is 6.57. The van der Waals surface area contributed by atoms with Crippen molar-refractivity contribution in [2.75, 3.05) is 0 Å². The lowest BCUT2D eigenvalue weighted by Crippen LogP contribution is -2.71. The summed E-state index contributed by atoms with van der Waals surface area (Å²) in [4.78, 5) is 10.2. The molecule has 3 nitrogen and oxygen atoms in total. The Bertz CT molecular complexity index is 281. The van der Waals surface area contributed by atoms with Crippen molar-refractivity contribution in [1.29, 1.82) is 0 Å². The first-order chi connectivity index (χ1) is 6.48. The fourth-order valence-corrected chi connectivity index (χ4v) is 0.518. The molecule has 0 aliphatic heterocycles. The zero-order valence-electron chi connectivity index (χ0n) is 6.57. The number of hydrogen-bond acceptors (Lipinski definition) is 3. The number of carbonyl (C=O) groups is 1. The van der Waals surface area contributed by atoms with E-state index in [0.29, 0.717) is 0 Å². The monoisotopic (exact) mass is 235 g/mol. The van der Waals surface area contributed by atoms with Crippen molar-refractivity contribution in [3.05, 3.63) is 0 Å². The Kier molecular flexibility index (Phi) is 3.27. The minimum atomic E-state index is -6.39. The summed E-state index contributed by atoms with van der Waals surface area (Å²) < 4.78 is 73.6. The minimum Gasteiger partial charge on any atom is -0.828 e. The first-order valence-corrected chi connectivity index (χ1v) is 2.99. The lowest BCUT2D eigenvalue weighted by atomic mass is 10.0. The van der Waals surface area contributed by atoms with E-state index in [1.807, 2.05) is 0 Å². The van der Waals surface area contributed by atoms with Crippen molar-refractivity contribution >= 4 is 5.97 Å². The van der Waals surface area contributed by atoms with E-state index >= 15 is 0 Å². The summed E-state index contributed by atoms with van der Waals surface area (Å²) in [5.41, 5.74) is -5.87. The molecule has 0 aromatic heterocycles. The van der Waals surface area contributed by atoms with Gasteiger partial charge in [0.05, 0.1) is 0 Å². The second kappa shape index (κ2) is 3.62. The van der Waals surface area contributed by atoms with E-state index in [1.54, 1.807) is 0 Å². The predicted molar refractivity (Wildman–Crippen MR) is 29.8 cm³/mol. The summed E-state index contributed by atoms with van der Waals surface area (Å²) in [7, 11) is 0. The molecule has 0 aliphatic rings. The lowest BCUT2D eigenvalue weighted by molar-refractivity contribution is -0.573. The first kappa shape index (κ1) is 13.6. The standard InChI is InChI=1S/C6HF6O3/c1-2-15-3(13)4(14,5(7,8)9)6(10,11)12/h1H/q-1. The summed E-state index contributed by atoms with van der Waals surface area (Å²) >= 11 is 0. The predicted octanol–water partition coefficient (Wildman–Crippen LogP) is 0.344. The largest absolute Gasteiger partial charge is 0.828 e. The molecular formula is C6HF6O3-. The normalized spacial score (nSPS) is 13.2. The molecule has 86 valence electrons. The van der Waals surface area contributed by atoms with Gasteiger partial charge < -0.3 is 9.84 Å². The molecule has 0 bridgehead atoms. The molecule has 0 N–H and O–H groups in total. The molecule has 0 saturated carbocycles. The molecule has 0 amide bonds. The Morgan fingerprint density at radius 3 is 1.67 bits per heavy atom. The number of hydrogen-bond donors (Lipinski definition) is 0. The number of rotatable bonds is 1. The van der Waals surface area contributed by atoms with E-state index in [2.05, 4.69) is 11.2 Å². The molecule has 0 rings (SSSR count). The van der Waals surface area contributed by atoms with Crippen LogP contribution in [0.4, 0.5) is 26.3 Å². The van der Waals surface area contributed by atoms with Gasteiger partial charge in [-0.15, -0.1) is 0 Å². The Morgan fingerprint density at radius 2 is 1.47 bits per heavy atom. The molecule has 0 radical (unpaired) electrons. The van der Waals surface area contributed by atoms with Gasteiger partial charge >= 0.3 is 18.3 Å². The molecule has 15 heavy (non-hydrogen) atoms. The van der Waals surface area contributed by atoms with Crippen molar-refractivity contribution < 1.29 is 41.0 Å². The number of terminal acetylenes is 1. The van der Waals surface area contributed by atoms with Gasteiger partial charge in [0.15, 0.2) is 5.60 Å². The Balaban J connectivity index is 5.45. The van der Waals surface area contributed by atoms with E-state index in [-0.39, 0.29) is 0 Å². The third-order valence-corrected chi connectivity index (χ3v) is 1.24. The van der Waals surface area contributed by atoms with Gasteiger partial charge in [-0.1, -0.05) is 6.42 Å². The molecule has 0 aromatic rings. The van der Waals surface area contributed by atoms with Crippen LogP contribution >= 0.6 is 0 Å². The van der Waals surface area contributed by atoms with Crippen molar-refractivity contribution in [3.8, 4) is 12.5 Å². The maximum absolute atomic E-state index is 11.8. The van der Waals surface area contributed by atoms with Crippen molar-refractivity contribution in [2.24, 2.45) is 0 Å². The van der Waals surface area contributed by atoms with Gasteiger partial charge in [0.1, 0.15) is 6.11 Å². The van der Waals surface area contributed by atoms with E-state index < -0.39 is 23.9 Å². The molecule has 0 fully saturated rings. The minimum absolute atomic E-state index is 0.768. The van der Waals surface area contributed by atoms with Crippen LogP contribution in [0.25, 0.3) is 0 Å². The molecule has 9 heteroatoms. The topological polar surface area (TPSA) is 49.4 Å². The highest BCUT2D eigenvalue weighted by Crippen LogP contribution is 2.41. The van der Waals surface area contributed by atoms with Crippen LogP contribution in [0, 0.1) is 12.5 Å². The van der Waals surface area contributed by atoms with Crippen LogP contribution in [-0.4, -0.2) is 23.9 Å². The number of esters is 1. The average Bonchev–Trinajstić information content (AvgIpc) is 1.99. The SMILES string of the molecule is C#COC(=O)C([O-])(C(F)(F)F)C(F)(F)F. The van der Waals surface area contributed by atoms with Crippen LogP contribution in [0.3, 0.4) is 0 Å². The van der Waals surface area contributed by atoms with E-state index in [0.717, 1.165) is 6.11 Å². The molecule has 0 heterocycles. The van der Waals surface area contributed by atoms with E-state index in [1.165, 1.54) is 0 Å². The van der Waals surface area contributed by atoms with Gasteiger partial charge in [0, 0.05) is 0 Å². The zero-order chi connectivity index (χ0) is 12.5. The molecular weight excluding hydrogens is 234 g/mol. The summed E-state index contributed by atoms with van der Waals surface area (Å²) in [5.74, 6) is -3.13. The fraction of sp³-hybridized carbons (Fsp3) is 0.500. The summed E-state index contributed by atoms with van der Waals surface area (Å²) in [6.07, 6.45) is -7.87. The molecule has 0 aromatic carbocycles. The summed E-state index contributed by atoms with van der Waals surface area (Å²) in [5, 5.41) is 10.4. The second-order valence-corrected chi connectivity index (χ2v) is 2.18. The quantitative estimate of drug-likeness (QED) is 0.374.